The molecule has 0 radical (unpaired) electrons. The zero-order chi connectivity index (χ0) is 16.4. The maximum Gasteiger partial charge on any atom is 0.415 e. The molecule has 0 aliphatic rings. The van der Waals surface area contributed by atoms with Gasteiger partial charge in [-0.2, -0.15) is 13.2 Å². The maximum atomic E-state index is 13.4. The van der Waals surface area contributed by atoms with E-state index in [2.05, 4.69) is 0 Å². The first-order valence-corrected chi connectivity index (χ1v) is 6.06. The van der Waals surface area contributed by atoms with E-state index in [9.17, 15) is 26.7 Å². The van der Waals surface area contributed by atoms with E-state index in [0.29, 0.717) is 6.92 Å². The van der Waals surface area contributed by atoms with E-state index < -0.39 is 35.3 Å². The lowest BCUT2D eigenvalue weighted by Gasteiger charge is -2.28. The summed E-state index contributed by atoms with van der Waals surface area (Å²) < 4.78 is 64.6. The van der Waals surface area contributed by atoms with Gasteiger partial charge in [-0.15, -0.1) is 0 Å². The van der Waals surface area contributed by atoms with Gasteiger partial charge in [0.15, 0.2) is 5.54 Å². The molecule has 1 amide bonds. The van der Waals surface area contributed by atoms with Crippen molar-refractivity contribution in [3.05, 3.63) is 35.4 Å². The molecule has 1 aromatic carbocycles. The van der Waals surface area contributed by atoms with E-state index in [1.165, 1.54) is 6.92 Å². The Bertz CT molecular complexity index is 508. The molecule has 1 rings (SSSR count). The highest BCUT2D eigenvalue weighted by molar-refractivity contribution is 5.86. The summed E-state index contributed by atoms with van der Waals surface area (Å²) in [7, 11) is 0. The molecular weight excluding hydrogens is 295 g/mol. The topological polar surface area (TPSA) is 55.1 Å². The minimum Gasteiger partial charge on any atom is -0.351 e. The number of carbonyl (C=O) groups is 1. The van der Waals surface area contributed by atoms with Crippen molar-refractivity contribution >= 4 is 5.91 Å². The van der Waals surface area contributed by atoms with Gasteiger partial charge in [-0.1, -0.05) is 6.07 Å². The Hall–Kier alpha value is -1.70. The first kappa shape index (κ1) is 17.4. The summed E-state index contributed by atoms with van der Waals surface area (Å²) in [4.78, 5) is 11.5. The third-order valence-electron chi connectivity index (χ3n) is 3.01. The number of alkyl halides is 3. The van der Waals surface area contributed by atoms with Gasteiger partial charge in [-0.05, 0) is 32.4 Å². The third-order valence-corrected chi connectivity index (χ3v) is 3.01. The second kappa shape index (κ2) is 5.97. The van der Waals surface area contributed by atoms with Gasteiger partial charge in [0.05, 0.1) is 0 Å². The maximum absolute atomic E-state index is 13.4. The van der Waals surface area contributed by atoms with E-state index in [1.54, 1.807) is 0 Å². The largest absolute Gasteiger partial charge is 0.415 e. The number of halogens is 5. The summed E-state index contributed by atoms with van der Waals surface area (Å²) in [5, 5.41) is 2.01. The SMILES string of the molecule is CC(Cc1c(F)cccc1F)NC(=O)C(C)(N)C(F)(F)F. The normalized spacial score (nSPS) is 16.2. The molecule has 0 bridgehead atoms. The number of amides is 1. The van der Waals surface area contributed by atoms with E-state index in [4.69, 9.17) is 5.73 Å². The van der Waals surface area contributed by atoms with Gasteiger partial charge >= 0.3 is 6.18 Å². The first-order valence-electron chi connectivity index (χ1n) is 6.06. The molecular formula is C13H15F5N2O. The van der Waals surface area contributed by atoms with Gasteiger partial charge < -0.3 is 11.1 Å². The van der Waals surface area contributed by atoms with Crippen molar-refractivity contribution in [2.75, 3.05) is 0 Å². The standard InChI is InChI=1S/C13H15F5N2O/c1-7(6-8-9(14)4-3-5-10(8)15)20-11(21)12(2,19)13(16,17)18/h3-5,7H,6,19H2,1-2H3,(H,20,21). The molecule has 3 N–H and O–H groups in total. The van der Waals surface area contributed by atoms with Gasteiger partial charge in [-0.3, -0.25) is 4.79 Å². The predicted octanol–water partition coefficient (Wildman–Crippen LogP) is 2.29. The summed E-state index contributed by atoms with van der Waals surface area (Å²) >= 11 is 0. The molecule has 0 saturated heterocycles. The molecule has 0 fully saturated rings. The van der Waals surface area contributed by atoms with Crippen molar-refractivity contribution in [3.8, 4) is 0 Å². The van der Waals surface area contributed by atoms with E-state index in [0.717, 1.165) is 18.2 Å². The second-order valence-corrected chi connectivity index (χ2v) is 4.98. The molecule has 0 spiro atoms. The molecule has 0 heterocycles. The lowest BCUT2D eigenvalue weighted by atomic mass is 10.0. The Kier molecular flexibility index (Phi) is 4.93. The Labute approximate surface area is 118 Å². The van der Waals surface area contributed by atoms with Crippen LogP contribution in [0.3, 0.4) is 0 Å². The Morgan fingerprint density at radius 2 is 1.76 bits per heavy atom. The lowest BCUT2D eigenvalue weighted by Crippen LogP contribution is -2.62. The summed E-state index contributed by atoms with van der Waals surface area (Å²) in [6, 6.07) is 2.29. The van der Waals surface area contributed by atoms with Gasteiger partial charge in [0.1, 0.15) is 11.6 Å². The van der Waals surface area contributed by atoms with E-state index in [1.807, 2.05) is 5.32 Å². The highest BCUT2D eigenvalue weighted by Crippen LogP contribution is 2.28. The smallest absolute Gasteiger partial charge is 0.351 e. The average molecular weight is 310 g/mol. The molecule has 118 valence electrons. The predicted molar refractivity (Wildman–Crippen MR) is 66.3 cm³/mol. The monoisotopic (exact) mass is 310 g/mol. The van der Waals surface area contributed by atoms with Gasteiger partial charge in [0, 0.05) is 11.6 Å². The zero-order valence-electron chi connectivity index (χ0n) is 11.4. The fraction of sp³-hybridized carbons (Fsp3) is 0.462. The van der Waals surface area contributed by atoms with E-state index >= 15 is 0 Å². The van der Waals surface area contributed by atoms with Crippen molar-refractivity contribution < 1.29 is 26.7 Å². The van der Waals surface area contributed by atoms with Crippen LogP contribution in [0.5, 0.6) is 0 Å². The van der Waals surface area contributed by atoms with Crippen LogP contribution in [0, 0.1) is 11.6 Å². The summed E-state index contributed by atoms with van der Waals surface area (Å²) in [5.41, 5.74) is 1.57. The van der Waals surface area contributed by atoms with Crippen molar-refractivity contribution in [3.63, 3.8) is 0 Å². The molecule has 0 aromatic heterocycles. The molecule has 2 atom stereocenters. The Balaban J connectivity index is 2.79. The van der Waals surface area contributed by atoms with Crippen molar-refractivity contribution in [2.24, 2.45) is 5.73 Å². The number of nitrogens with two attached hydrogens (primary N) is 1. The number of hydrogen-bond donors (Lipinski definition) is 2. The van der Waals surface area contributed by atoms with Crippen LogP contribution in [0.2, 0.25) is 0 Å². The number of benzene rings is 1. The molecule has 0 aliphatic carbocycles. The number of nitrogens with one attached hydrogen (secondary N) is 1. The summed E-state index contributed by atoms with van der Waals surface area (Å²) in [6.07, 6.45) is -5.22. The van der Waals surface area contributed by atoms with Gasteiger partial charge in [-0.25, -0.2) is 8.78 Å². The zero-order valence-corrected chi connectivity index (χ0v) is 11.4. The van der Waals surface area contributed by atoms with Gasteiger partial charge in [0.25, 0.3) is 0 Å². The number of hydrogen-bond acceptors (Lipinski definition) is 2. The van der Waals surface area contributed by atoms with E-state index in [-0.39, 0.29) is 12.0 Å². The molecule has 21 heavy (non-hydrogen) atoms. The molecule has 0 saturated carbocycles. The molecule has 2 unspecified atom stereocenters. The van der Waals surface area contributed by atoms with Crippen molar-refractivity contribution in [2.45, 2.75) is 38.0 Å². The van der Waals surface area contributed by atoms with Crippen LogP contribution in [0.15, 0.2) is 18.2 Å². The van der Waals surface area contributed by atoms with Gasteiger partial charge in [0.2, 0.25) is 5.91 Å². The number of carbonyl (C=O) groups excluding carboxylic acids is 1. The van der Waals surface area contributed by atoms with Crippen LogP contribution in [0.4, 0.5) is 22.0 Å². The average Bonchev–Trinajstić information content (AvgIpc) is 2.32. The van der Waals surface area contributed by atoms with Crippen LogP contribution in [0.25, 0.3) is 0 Å². The highest BCUT2D eigenvalue weighted by atomic mass is 19.4. The van der Waals surface area contributed by atoms with Crippen LogP contribution in [0.1, 0.15) is 19.4 Å². The molecule has 1 aromatic rings. The molecule has 0 aliphatic heterocycles. The Morgan fingerprint density at radius 3 is 2.19 bits per heavy atom. The van der Waals surface area contributed by atoms with Crippen molar-refractivity contribution in [1.29, 1.82) is 0 Å². The Morgan fingerprint density at radius 1 is 1.29 bits per heavy atom. The fourth-order valence-electron chi connectivity index (χ4n) is 1.59. The lowest BCUT2D eigenvalue weighted by molar-refractivity contribution is -0.187. The van der Waals surface area contributed by atoms with Crippen molar-refractivity contribution in [1.82, 2.24) is 5.32 Å². The third kappa shape index (κ3) is 3.90. The summed E-state index contributed by atoms with van der Waals surface area (Å²) in [5.74, 6) is -3.12. The van der Waals surface area contributed by atoms with Crippen LogP contribution in [-0.2, 0) is 11.2 Å². The minimum absolute atomic E-state index is 0.293. The molecule has 3 nitrogen and oxygen atoms in total. The second-order valence-electron chi connectivity index (χ2n) is 4.98. The van der Waals surface area contributed by atoms with Crippen LogP contribution in [-0.4, -0.2) is 23.7 Å². The fourth-order valence-corrected chi connectivity index (χ4v) is 1.59. The number of rotatable bonds is 4. The van der Waals surface area contributed by atoms with Crippen LogP contribution >= 0.6 is 0 Å². The minimum atomic E-state index is -4.93. The quantitative estimate of drug-likeness (QED) is 0.838. The van der Waals surface area contributed by atoms with Crippen LogP contribution < -0.4 is 11.1 Å². The highest BCUT2D eigenvalue weighted by Gasteiger charge is 2.54. The first-order chi connectivity index (χ1) is 9.46. The summed E-state index contributed by atoms with van der Waals surface area (Å²) in [6.45, 7) is 1.86. The molecule has 8 heteroatoms.